The van der Waals surface area contributed by atoms with E-state index in [1.54, 1.807) is 23.5 Å². The second-order valence-corrected chi connectivity index (χ2v) is 6.01. The SMILES string of the molecule is CC(C)OC(=O)NS(=O)(=O)NCC(=O)N1CCNCC1. The lowest BCUT2D eigenvalue weighted by molar-refractivity contribution is -0.130. The smallest absolute Gasteiger partial charge is 0.422 e. The van der Waals surface area contributed by atoms with Crippen molar-refractivity contribution in [2.75, 3.05) is 32.7 Å². The van der Waals surface area contributed by atoms with E-state index in [1.165, 1.54) is 0 Å². The predicted molar refractivity (Wildman–Crippen MR) is 71.1 cm³/mol. The normalized spacial score (nSPS) is 16.1. The first-order chi connectivity index (χ1) is 9.30. The average Bonchev–Trinajstić information content (AvgIpc) is 2.35. The van der Waals surface area contributed by atoms with Crippen LogP contribution in [0.5, 0.6) is 0 Å². The van der Waals surface area contributed by atoms with Gasteiger partial charge in [-0.25, -0.2) is 9.52 Å². The lowest BCUT2D eigenvalue weighted by Gasteiger charge is -2.27. The molecule has 0 saturated carbocycles. The van der Waals surface area contributed by atoms with Gasteiger partial charge in [-0.2, -0.15) is 13.1 Å². The summed E-state index contributed by atoms with van der Waals surface area (Å²) in [6.07, 6.45) is -1.52. The van der Waals surface area contributed by atoms with Crippen molar-refractivity contribution >= 4 is 22.2 Å². The van der Waals surface area contributed by atoms with Gasteiger partial charge in [0.2, 0.25) is 5.91 Å². The highest BCUT2D eigenvalue weighted by molar-refractivity contribution is 7.88. The molecule has 0 aromatic heterocycles. The zero-order valence-corrected chi connectivity index (χ0v) is 12.3. The third kappa shape index (κ3) is 6.17. The summed E-state index contributed by atoms with van der Waals surface area (Å²) in [7, 11) is -4.10. The summed E-state index contributed by atoms with van der Waals surface area (Å²) in [4.78, 5) is 24.4. The van der Waals surface area contributed by atoms with Gasteiger partial charge >= 0.3 is 16.3 Å². The lowest BCUT2D eigenvalue weighted by atomic mass is 10.3. The fraction of sp³-hybridized carbons (Fsp3) is 0.800. The van der Waals surface area contributed by atoms with Crippen molar-refractivity contribution in [1.29, 1.82) is 0 Å². The molecule has 2 amide bonds. The van der Waals surface area contributed by atoms with E-state index in [4.69, 9.17) is 0 Å². The number of carbonyl (C=O) groups excluding carboxylic acids is 2. The molecule has 1 fully saturated rings. The van der Waals surface area contributed by atoms with E-state index in [0.29, 0.717) is 26.2 Å². The van der Waals surface area contributed by atoms with Crippen LogP contribution in [0.15, 0.2) is 0 Å². The van der Waals surface area contributed by atoms with Gasteiger partial charge < -0.3 is 15.0 Å². The van der Waals surface area contributed by atoms with E-state index in [1.807, 2.05) is 4.72 Å². The highest BCUT2D eigenvalue weighted by Gasteiger charge is 2.20. The summed E-state index contributed by atoms with van der Waals surface area (Å²) in [5.74, 6) is -0.339. The fourth-order valence-electron chi connectivity index (χ4n) is 1.57. The molecular weight excluding hydrogens is 288 g/mol. The largest absolute Gasteiger partial charge is 0.446 e. The second kappa shape index (κ2) is 7.41. The summed E-state index contributed by atoms with van der Waals surface area (Å²) in [6, 6.07) is 0. The molecule has 1 aliphatic heterocycles. The van der Waals surface area contributed by atoms with Crippen LogP contribution in [-0.4, -0.2) is 64.1 Å². The second-order valence-electron chi connectivity index (χ2n) is 4.51. The maximum absolute atomic E-state index is 11.7. The van der Waals surface area contributed by atoms with Crippen LogP contribution in [0.25, 0.3) is 0 Å². The minimum atomic E-state index is -4.10. The molecule has 1 saturated heterocycles. The molecule has 0 unspecified atom stereocenters. The van der Waals surface area contributed by atoms with E-state index in [-0.39, 0.29) is 5.91 Å². The van der Waals surface area contributed by atoms with Crippen LogP contribution >= 0.6 is 0 Å². The van der Waals surface area contributed by atoms with Gasteiger partial charge in [0.1, 0.15) is 0 Å². The van der Waals surface area contributed by atoms with Gasteiger partial charge in [0.05, 0.1) is 12.6 Å². The van der Waals surface area contributed by atoms with Crippen molar-refractivity contribution in [2.24, 2.45) is 0 Å². The number of carbonyl (C=O) groups is 2. The fourth-order valence-corrected chi connectivity index (χ4v) is 2.22. The summed E-state index contributed by atoms with van der Waals surface area (Å²) < 4.78 is 31.3. The van der Waals surface area contributed by atoms with Gasteiger partial charge in [-0.15, -0.1) is 0 Å². The van der Waals surface area contributed by atoms with Crippen molar-refractivity contribution in [2.45, 2.75) is 20.0 Å². The molecule has 0 aromatic carbocycles. The average molecular weight is 308 g/mol. The molecule has 9 nitrogen and oxygen atoms in total. The van der Waals surface area contributed by atoms with Crippen LogP contribution < -0.4 is 14.8 Å². The molecular formula is C10H20N4O5S. The van der Waals surface area contributed by atoms with Crippen LogP contribution in [0.4, 0.5) is 4.79 Å². The Morgan fingerprint density at radius 1 is 1.30 bits per heavy atom. The van der Waals surface area contributed by atoms with E-state index in [0.717, 1.165) is 0 Å². The van der Waals surface area contributed by atoms with Crippen LogP contribution in [-0.2, 0) is 19.7 Å². The number of ether oxygens (including phenoxy) is 1. The van der Waals surface area contributed by atoms with Crippen molar-refractivity contribution in [1.82, 2.24) is 19.7 Å². The van der Waals surface area contributed by atoms with Gasteiger partial charge in [-0.05, 0) is 13.8 Å². The van der Waals surface area contributed by atoms with E-state index in [2.05, 4.69) is 10.1 Å². The molecule has 1 aliphatic rings. The molecule has 1 rings (SSSR count). The number of nitrogens with one attached hydrogen (secondary N) is 3. The molecule has 116 valence electrons. The Labute approximate surface area is 118 Å². The molecule has 20 heavy (non-hydrogen) atoms. The standard InChI is InChI=1S/C10H20N4O5S/c1-8(2)19-10(16)13-20(17,18)12-7-9(15)14-5-3-11-4-6-14/h8,11-12H,3-7H2,1-2H3,(H,13,16). The van der Waals surface area contributed by atoms with E-state index < -0.39 is 29.0 Å². The quantitative estimate of drug-likeness (QED) is 0.562. The van der Waals surface area contributed by atoms with Gasteiger partial charge in [0.25, 0.3) is 0 Å². The molecule has 0 bridgehead atoms. The van der Waals surface area contributed by atoms with E-state index >= 15 is 0 Å². The number of nitrogens with zero attached hydrogens (tertiary/aromatic N) is 1. The summed E-state index contributed by atoms with van der Waals surface area (Å²) in [5, 5.41) is 3.08. The van der Waals surface area contributed by atoms with Crippen LogP contribution in [0.3, 0.4) is 0 Å². The highest BCUT2D eigenvalue weighted by atomic mass is 32.2. The van der Waals surface area contributed by atoms with Crippen LogP contribution in [0.1, 0.15) is 13.8 Å². The minimum Gasteiger partial charge on any atom is -0.446 e. The first-order valence-corrected chi connectivity index (χ1v) is 7.75. The van der Waals surface area contributed by atoms with E-state index in [9.17, 15) is 18.0 Å². The number of hydrogen-bond acceptors (Lipinski definition) is 6. The number of hydrogen-bond donors (Lipinski definition) is 3. The number of piperazine rings is 1. The number of amides is 2. The monoisotopic (exact) mass is 308 g/mol. The molecule has 0 aromatic rings. The first kappa shape index (κ1) is 16.7. The zero-order valence-electron chi connectivity index (χ0n) is 11.5. The molecule has 10 heteroatoms. The molecule has 1 heterocycles. The van der Waals surface area contributed by atoms with Crippen LogP contribution in [0, 0.1) is 0 Å². The Hall–Kier alpha value is -1.39. The molecule has 0 radical (unpaired) electrons. The molecule has 3 N–H and O–H groups in total. The van der Waals surface area contributed by atoms with Gasteiger partial charge in [-0.3, -0.25) is 4.79 Å². The summed E-state index contributed by atoms with van der Waals surface area (Å²) in [5.41, 5.74) is 0. The van der Waals surface area contributed by atoms with Crippen molar-refractivity contribution in [3.63, 3.8) is 0 Å². The first-order valence-electron chi connectivity index (χ1n) is 6.26. The predicted octanol–water partition coefficient (Wildman–Crippen LogP) is -1.61. The minimum absolute atomic E-state index is 0.339. The summed E-state index contributed by atoms with van der Waals surface area (Å²) >= 11 is 0. The molecule has 0 aliphatic carbocycles. The Morgan fingerprint density at radius 2 is 1.90 bits per heavy atom. The molecule has 0 atom stereocenters. The maximum Gasteiger partial charge on any atom is 0.422 e. The Bertz CT molecular complexity index is 445. The van der Waals surface area contributed by atoms with Gasteiger partial charge in [0, 0.05) is 26.2 Å². The third-order valence-electron chi connectivity index (χ3n) is 2.44. The third-order valence-corrected chi connectivity index (χ3v) is 3.40. The molecule has 0 spiro atoms. The Balaban J connectivity index is 2.38. The van der Waals surface area contributed by atoms with Crippen molar-refractivity contribution in [3.8, 4) is 0 Å². The zero-order chi connectivity index (χ0) is 15.2. The number of rotatable bonds is 5. The van der Waals surface area contributed by atoms with Gasteiger partial charge in [0.15, 0.2) is 0 Å². The van der Waals surface area contributed by atoms with Crippen LogP contribution in [0.2, 0.25) is 0 Å². The summed E-state index contributed by atoms with van der Waals surface area (Å²) in [6.45, 7) is 5.20. The van der Waals surface area contributed by atoms with Crippen molar-refractivity contribution < 1.29 is 22.7 Å². The highest BCUT2D eigenvalue weighted by Crippen LogP contribution is 1.94. The topological polar surface area (TPSA) is 117 Å². The van der Waals surface area contributed by atoms with Crippen molar-refractivity contribution in [3.05, 3.63) is 0 Å². The Morgan fingerprint density at radius 3 is 2.45 bits per heavy atom. The Kier molecular flexibility index (Phi) is 6.17. The lowest BCUT2D eigenvalue weighted by Crippen LogP contribution is -2.51. The maximum atomic E-state index is 11.7. The van der Waals surface area contributed by atoms with Gasteiger partial charge in [-0.1, -0.05) is 0 Å².